The van der Waals surface area contributed by atoms with Gasteiger partial charge in [-0.1, -0.05) is 0 Å². The second-order valence-corrected chi connectivity index (χ2v) is 4.47. The van der Waals surface area contributed by atoms with Crippen LogP contribution < -0.4 is 5.56 Å². The second kappa shape index (κ2) is 5.28. The number of carboxylic acids is 1. The molecule has 0 aliphatic heterocycles. The summed E-state index contributed by atoms with van der Waals surface area (Å²) in [7, 11) is 0. The summed E-state index contributed by atoms with van der Waals surface area (Å²) in [6, 6.07) is 0. The van der Waals surface area contributed by atoms with Crippen molar-refractivity contribution >= 4 is 5.97 Å². The van der Waals surface area contributed by atoms with E-state index in [2.05, 4.69) is 10.1 Å². The van der Waals surface area contributed by atoms with Crippen LogP contribution in [-0.2, 0) is 17.8 Å². The maximum Gasteiger partial charge on any atom is 0.307 e. The van der Waals surface area contributed by atoms with E-state index in [1.54, 1.807) is 20.0 Å². The summed E-state index contributed by atoms with van der Waals surface area (Å²) in [4.78, 5) is 27.2. The Morgan fingerprint density at radius 2 is 2.10 bits per heavy atom. The molecule has 0 fully saturated rings. The van der Waals surface area contributed by atoms with E-state index in [9.17, 15) is 9.59 Å². The summed E-state index contributed by atoms with van der Waals surface area (Å²) in [5, 5.41) is 13.2. The zero-order valence-electron chi connectivity index (χ0n) is 11.6. The molecule has 0 saturated heterocycles. The predicted octanol–water partition coefficient (Wildman–Crippen LogP) is 0.693. The van der Waals surface area contributed by atoms with Crippen molar-refractivity contribution in [2.75, 3.05) is 0 Å². The number of carboxylic acid groups (broad SMARTS) is 1. The summed E-state index contributed by atoms with van der Waals surface area (Å²) >= 11 is 0. The van der Waals surface area contributed by atoms with E-state index >= 15 is 0 Å². The number of hydrogen-bond acceptors (Lipinski definition) is 4. The van der Waals surface area contributed by atoms with E-state index in [-0.39, 0.29) is 17.8 Å². The van der Waals surface area contributed by atoms with Crippen LogP contribution in [0.4, 0.5) is 0 Å². The third-order valence-corrected chi connectivity index (χ3v) is 3.21. The lowest BCUT2D eigenvalue weighted by Gasteiger charge is -2.06. The Hall–Kier alpha value is -2.44. The van der Waals surface area contributed by atoms with Crippen molar-refractivity contribution in [2.45, 2.75) is 33.7 Å². The van der Waals surface area contributed by atoms with E-state index in [1.165, 1.54) is 15.4 Å². The van der Waals surface area contributed by atoms with Crippen LogP contribution in [0.2, 0.25) is 0 Å². The number of aromatic nitrogens is 4. The van der Waals surface area contributed by atoms with Gasteiger partial charge in [0.2, 0.25) is 5.82 Å². The van der Waals surface area contributed by atoms with Crippen LogP contribution in [0.3, 0.4) is 0 Å². The van der Waals surface area contributed by atoms with Crippen LogP contribution in [0.25, 0.3) is 5.82 Å². The van der Waals surface area contributed by atoms with Crippen molar-refractivity contribution in [1.29, 1.82) is 0 Å². The number of carbonyl (C=O) groups is 1. The average molecular weight is 276 g/mol. The van der Waals surface area contributed by atoms with Crippen LogP contribution >= 0.6 is 0 Å². The Kier molecular flexibility index (Phi) is 3.69. The Morgan fingerprint density at radius 3 is 2.70 bits per heavy atom. The largest absolute Gasteiger partial charge is 0.481 e. The molecular formula is C13H16N4O3. The third kappa shape index (κ3) is 2.34. The van der Waals surface area contributed by atoms with E-state index in [0.717, 1.165) is 0 Å². The van der Waals surface area contributed by atoms with Crippen molar-refractivity contribution < 1.29 is 9.90 Å². The lowest BCUT2D eigenvalue weighted by atomic mass is 10.1. The fourth-order valence-corrected chi connectivity index (χ4v) is 2.12. The van der Waals surface area contributed by atoms with Gasteiger partial charge in [0.15, 0.2) is 0 Å². The molecule has 0 aromatic carbocycles. The molecule has 0 spiro atoms. The zero-order valence-corrected chi connectivity index (χ0v) is 11.6. The monoisotopic (exact) mass is 276 g/mol. The predicted molar refractivity (Wildman–Crippen MR) is 72.1 cm³/mol. The molecule has 0 saturated carbocycles. The molecule has 7 heteroatoms. The first-order valence-corrected chi connectivity index (χ1v) is 6.28. The SMILES string of the molecule is CCn1ccnc(-n2nc(C)c(CC(=O)O)c2C)c1=O. The van der Waals surface area contributed by atoms with Gasteiger partial charge < -0.3 is 9.67 Å². The molecule has 0 amide bonds. The van der Waals surface area contributed by atoms with E-state index in [1.807, 2.05) is 6.92 Å². The van der Waals surface area contributed by atoms with Crippen LogP contribution in [0, 0.1) is 13.8 Å². The molecule has 0 bridgehead atoms. The number of aliphatic carboxylic acids is 1. The van der Waals surface area contributed by atoms with Gasteiger partial charge >= 0.3 is 5.97 Å². The molecule has 0 unspecified atom stereocenters. The first kappa shape index (κ1) is 14.0. The average Bonchev–Trinajstić information content (AvgIpc) is 2.66. The van der Waals surface area contributed by atoms with Gasteiger partial charge in [-0.25, -0.2) is 9.67 Å². The number of rotatable bonds is 4. The summed E-state index contributed by atoms with van der Waals surface area (Å²) in [6.07, 6.45) is 3.02. The number of hydrogen-bond donors (Lipinski definition) is 1. The molecule has 2 rings (SSSR count). The smallest absolute Gasteiger partial charge is 0.307 e. The van der Waals surface area contributed by atoms with Crippen LogP contribution in [0.5, 0.6) is 0 Å². The molecule has 1 N–H and O–H groups in total. The molecule has 106 valence electrons. The maximum absolute atomic E-state index is 12.2. The third-order valence-electron chi connectivity index (χ3n) is 3.21. The first-order valence-electron chi connectivity index (χ1n) is 6.28. The van der Waals surface area contributed by atoms with Gasteiger partial charge in [-0.15, -0.1) is 0 Å². The Bertz CT molecular complexity index is 715. The molecule has 0 atom stereocenters. The molecular weight excluding hydrogens is 260 g/mol. The van der Waals surface area contributed by atoms with E-state index in [4.69, 9.17) is 5.11 Å². The minimum absolute atomic E-state index is 0.119. The summed E-state index contributed by atoms with van der Waals surface area (Å²) in [5.41, 5.74) is 1.59. The van der Waals surface area contributed by atoms with E-state index < -0.39 is 5.97 Å². The van der Waals surface area contributed by atoms with Crippen molar-refractivity contribution in [3.05, 3.63) is 39.7 Å². The van der Waals surface area contributed by atoms with Crippen LogP contribution in [0.15, 0.2) is 17.2 Å². The summed E-state index contributed by atoms with van der Waals surface area (Å²) < 4.78 is 2.94. The van der Waals surface area contributed by atoms with Gasteiger partial charge in [0, 0.05) is 30.2 Å². The Labute approximate surface area is 115 Å². The highest BCUT2D eigenvalue weighted by molar-refractivity contribution is 5.71. The number of nitrogens with zero attached hydrogens (tertiary/aromatic N) is 4. The van der Waals surface area contributed by atoms with Crippen molar-refractivity contribution in [3.63, 3.8) is 0 Å². The standard InChI is InChI=1S/C13H16N4O3/c1-4-16-6-5-14-12(13(16)20)17-9(3)10(7-11(18)19)8(2)15-17/h5-6H,4,7H2,1-3H3,(H,18,19). The highest BCUT2D eigenvalue weighted by atomic mass is 16.4. The first-order chi connectivity index (χ1) is 9.45. The molecule has 0 radical (unpaired) electrons. The minimum Gasteiger partial charge on any atom is -0.481 e. The quantitative estimate of drug-likeness (QED) is 0.887. The highest BCUT2D eigenvalue weighted by Crippen LogP contribution is 2.15. The summed E-state index contributed by atoms with van der Waals surface area (Å²) in [6.45, 7) is 5.86. The Morgan fingerprint density at radius 1 is 1.40 bits per heavy atom. The van der Waals surface area contributed by atoms with Gasteiger partial charge in [-0.05, 0) is 20.8 Å². The molecule has 0 aliphatic carbocycles. The fraction of sp³-hybridized carbons (Fsp3) is 0.385. The van der Waals surface area contributed by atoms with Crippen molar-refractivity contribution in [1.82, 2.24) is 19.3 Å². The summed E-state index contributed by atoms with van der Waals surface area (Å²) in [5.74, 6) is -0.741. The lowest BCUT2D eigenvalue weighted by molar-refractivity contribution is -0.136. The minimum atomic E-state index is -0.928. The van der Waals surface area contributed by atoms with Gasteiger partial charge in [0.25, 0.3) is 5.56 Å². The van der Waals surface area contributed by atoms with Crippen LogP contribution in [0.1, 0.15) is 23.9 Å². The molecule has 7 nitrogen and oxygen atoms in total. The molecule has 20 heavy (non-hydrogen) atoms. The molecule has 2 aromatic rings. The second-order valence-electron chi connectivity index (χ2n) is 4.47. The highest BCUT2D eigenvalue weighted by Gasteiger charge is 2.18. The number of aryl methyl sites for hydroxylation is 2. The zero-order chi connectivity index (χ0) is 14.9. The maximum atomic E-state index is 12.2. The van der Waals surface area contributed by atoms with Gasteiger partial charge in [-0.2, -0.15) is 5.10 Å². The molecule has 0 aliphatic rings. The van der Waals surface area contributed by atoms with Crippen LogP contribution in [-0.4, -0.2) is 30.4 Å². The lowest BCUT2D eigenvalue weighted by Crippen LogP contribution is -2.25. The molecule has 2 aromatic heterocycles. The van der Waals surface area contributed by atoms with E-state index in [0.29, 0.717) is 23.5 Å². The Balaban J connectivity index is 2.60. The van der Waals surface area contributed by atoms with Crippen molar-refractivity contribution in [3.8, 4) is 5.82 Å². The van der Waals surface area contributed by atoms with Crippen molar-refractivity contribution in [2.24, 2.45) is 0 Å². The van der Waals surface area contributed by atoms with Gasteiger partial charge in [-0.3, -0.25) is 9.59 Å². The van der Waals surface area contributed by atoms with Gasteiger partial charge in [0.1, 0.15) is 0 Å². The van der Waals surface area contributed by atoms with Gasteiger partial charge in [0.05, 0.1) is 12.1 Å². The molecule has 2 heterocycles. The topological polar surface area (TPSA) is 90.0 Å². The fourth-order valence-electron chi connectivity index (χ4n) is 2.12. The normalized spacial score (nSPS) is 10.8.